The quantitative estimate of drug-likeness (QED) is 0.743. The van der Waals surface area contributed by atoms with Crippen LogP contribution in [0.4, 0.5) is 0 Å². The maximum Gasteiger partial charge on any atom is 0.166 e. The van der Waals surface area contributed by atoms with E-state index < -0.39 is 0 Å². The molecule has 102 valence electrons. The minimum atomic E-state index is 0.293. The first-order valence-electron chi connectivity index (χ1n) is 7.55. The van der Waals surface area contributed by atoms with Gasteiger partial charge < -0.3 is 4.74 Å². The average molecular weight is 258 g/mol. The van der Waals surface area contributed by atoms with Crippen molar-refractivity contribution < 1.29 is 9.53 Å². The van der Waals surface area contributed by atoms with Gasteiger partial charge in [0.2, 0.25) is 0 Å². The Balaban J connectivity index is 1.67. The van der Waals surface area contributed by atoms with Gasteiger partial charge in [0.15, 0.2) is 5.78 Å². The molecule has 2 nitrogen and oxygen atoms in total. The highest BCUT2D eigenvalue weighted by Crippen LogP contribution is 2.49. The van der Waals surface area contributed by atoms with Crippen LogP contribution in [0.1, 0.15) is 49.4 Å². The van der Waals surface area contributed by atoms with Crippen LogP contribution in [-0.2, 0) is 0 Å². The fourth-order valence-electron chi connectivity index (χ4n) is 3.72. The highest BCUT2D eigenvalue weighted by atomic mass is 16.5. The molecule has 2 saturated carbocycles. The van der Waals surface area contributed by atoms with Crippen LogP contribution in [0.5, 0.6) is 5.75 Å². The van der Waals surface area contributed by atoms with Crippen LogP contribution < -0.4 is 4.74 Å². The van der Waals surface area contributed by atoms with Gasteiger partial charge in [0.05, 0.1) is 6.61 Å². The van der Waals surface area contributed by atoms with Crippen molar-refractivity contribution in [3.05, 3.63) is 29.8 Å². The molecule has 0 N–H and O–H groups in total. The first-order chi connectivity index (χ1) is 9.28. The molecule has 3 unspecified atom stereocenters. The van der Waals surface area contributed by atoms with Crippen molar-refractivity contribution in [1.82, 2.24) is 0 Å². The van der Waals surface area contributed by atoms with E-state index in [9.17, 15) is 4.79 Å². The largest absolute Gasteiger partial charge is 0.494 e. The SMILES string of the molecule is CCCOc1ccc(C(=O)C2CC3CCC2C3)cc1. The molecule has 2 aliphatic carbocycles. The smallest absolute Gasteiger partial charge is 0.166 e. The molecular weight excluding hydrogens is 236 g/mol. The molecule has 2 heteroatoms. The molecule has 3 rings (SSSR count). The molecule has 3 atom stereocenters. The second-order valence-electron chi connectivity index (χ2n) is 6.02. The van der Waals surface area contributed by atoms with Crippen molar-refractivity contribution in [3.63, 3.8) is 0 Å². The Morgan fingerprint density at radius 2 is 2.00 bits per heavy atom. The van der Waals surface area contributed by atoms with Gasteiger partial charge in [-0.05, 0) is 61.8 Å². The van der Waals surface area contributed by atoms with E-state index in [0.717, 1.165) is 36.7 Å². The van der Waals surface area contributed by atoms with E-state index in [1.54, 1.807) is 0 Å². The van der Waals surface area contributed by atoms with E-state index >= 15 is 0 Å². The van der Waals surface area contributed by atoms with E-state index in [1.807, 2.05) is 24.3 Å². The summed E-state index contributed by atoms with van der Waals surface area (Å²) in [7, 11) is 0. The lowest BCUT2D eigenvalue weighted by Crippen LogP contribution is -2.20. The monoisotopic (exact) mass is 258 g/mol. The fraction of sp³-hybridized carbons (Fsp3) is 0.588. The highest BCUT2D eigenvalue weighted by Gasteiger charge is 2.43. The van der Waals surface area contributed by atoms with E-state index in [1.165, 1.54) is 19.3 Å². The fourth-order valence-corrected chi connectivity index (χ4v) is 3.72. The van der Waals surface area contributed by atoms with Crippen LogP contribution in [-0.4, -0.2) is 12.4 Å². The van der Waals surface area contributed by atoms with Gasteiger partial charge in [-0.25, -0.2) is 0 Å². The maximum absolute atomic E-state index is 12.5. The first kappa shape index (κ1) is 12.7. The van der Waals surface area contributed by atoms with Crippen molar-refractivity contribution in [2.75, 3.05) is 6.61 Å². The predicted molar refractivity (Wildman–Crippen MR) is 75.5 cm³/mol. The van der Waals surface area contributed by atoms with Crippen molar-refractivity contribution in [2.45, 2.75) is 39.0 Å². The third kappa shape index (κ3) is 2.54. The van der Waals surface area contributed by atoms with E-state index in [-0.39, 0.29) is 0 Å². The third-order valence-corrected chi connectivity index (χ3v) is 4.69. The van der Waals surface area contributed by atoms with Crippen LogP contribution in [0.3, 0.4) is 0 Å². The lowest BCUT2D eigenvalue weighted by Gasteiger charge is -2.20. The number of ether oxygens (including phenoxy) is 1. The molecule has 2 bridgehead atoms. The summed E-state index contributed by atoms with van der Waals surface area (Å²) in [6.45, 7) is 2.83. The maximum atomic E-state index is 12.5. The first-order valence-corrected chi connectivity index (χ1v) is 7.55. The normalized spacial score (nSPS) is 28.6. The molecule has 0 aliphatic heterocycles. The Bertz CT molecular complexity index is 449. The summed E-state index contributed by atoms with van der Waals surface area (Å²) in [6.07, 6.45) is 6.02. The molecule has 2 aliphatic rings. The van der Waals surface area contributed by atoms with E-state index in [0.29, 0.717) is 17.6 Å². The van der Waals surface area contributed by atoms with E-state index in [2.05, 4.69) is 6.92 Å². The second kappa shape index (κ2) is 5.36. The minimum Gasteiger partial charge on any atom is -0.494 e. The third-order valence-electron chi connectivity index (χ3n) is 4.69. The molecule has 0 saturated heterocycles. The Labute approximate surface area is 115 Å². The van der Waals surface area contributed by atoms with Gasteiger partial charge in [0.1, 0.15) is 5.75 Å². The lowest BCUT2D eigenvalue weighted by molar-refractivity contribution is 0.0874. The zero-order valence-corrected chi connectivity index (χ0v) is 11.6. The van der Waals surface area contributed by atoms with Crippen molar-refractivity contribution in [1.29, 1.82) is 0 Å². The number of fused-ring (bicyclic) bond motifs is 2. The van der Waals surface area contributed by atoms with Crippen LogP contribution in [0.2, 0.25) is 0 Å². The predicted octanol–water partition coefficient (Wildman–Crippen LogP) is 4.09. The summed E-state index contributed by atoms with van der Waals surface area (Å²) < 4.78 is 5.55. The highest BCUT2D eigenvalue weighted by molar-refractivity contribution is 5.98. The summed E-state index contributed by atoms with van der Waals surface area (Å²) in [5, 5.41) is 0. The number of hydrogen-bond acceptors (Lipinski definition) is 2. The van der Waals surface area contributed by atoms with Crippen molar-refractivity contribution >= 4 is 5.78 Å². The number of carbonyl (C=O) groups excluding carboxylic acids is 1. The Kier molecular flexibility index (Phi) is 3.58. The van der Waals surface area contributed by atoms with Crippen LogP contribution in [0.15, 0.2) is 24.3 Å². The molecule has 0 aromatic heterocycles. The van der Waals surface area contributed by atoms with Crippen LogP contribution in [0, 0.1) is 17.8 Å². The van der Waals surface area contributed by atoms with Gasteiger partial charge in [-0.15, -0.1) is 0 Å². The molecule has 0 radical (unpaired) electrons. The molecule has 2 fully saturated rings. The van der Waals surface area contributed by atoms with Gasteiger partial charge >= 0.3 is 0 Å². The molecule has 0 heterocycles. The molecule has 0 amide bonds. The number of carbonyl (C=O) groups is 1. The zero-order chi connectivity index (χ0) is 13.2. The number of rotatable bonds is 5. The number of benzene rings is 1. The average Bonchev–Trinajstić information content (AvgIpc) is 3.07. The molecule has 1 aromatic carbocycles. The summed E-state index contributed by atoms with van der Waals surface area (Å²) in [5.74, 6) is 3.00. The molecular formula is C17H22O2. The van der Waals surface area contributed by atoms with Gasteiger partial charge in [-0.1, -0.05) is 13.3 Å². The van der Waals surface area contributed by atoms with Gasteiger partial charge in [0.25, 0.3) is 0 Å². The van der Waals surface area contributed by atoms with Crippen LogP contribution in [0.25, 0.3) is 0 Å². The minimum absolute atomic E-state index is 0.293. The number of Topliss-reactive ketones (excluding diaryl/α,β-unsaturated/α-hetero) is 1. The van der Waals surface area contributed by atoms with Crippen molar-refractivity contribution in [2.24, 2.45) is 17.8 Å². The molecule has 19 heavy (non-hydrogen) atoms. The Morgan fingerprint density at radius 1 is 1.21 bits per heavy atom. The summed E-state index contributed by atoms with van der Waals surface area (Å²) in [5.41, 5.74) is 0.862. The Morgan fingerprint density at radius 3 is 2.58 bits per heavy atom. The second-order valence-corrected chi connectivity index (χ2v) is 6.02. The number of hydrogen-bond donors (Lipinski definition) is 0. The lowest BCUT2D eigenvalue weighted by atomic mass is 9.83. The standard InChI is InChI=1S/C17H22O2/c1-2-9-19-15-7-5-13(6-8-15)17(18)16-11-12-3-4-14(16)10-12/h5-8,12,14,16H,2-4,9-11H2,1H3. The van der Waals surface area contributed by atoms with Gasteiger partial charge in [0, 0.05) is 11.5 Å². The summed E-state index contributed by atoms with van der Waals surface area (Å²) in [4.78, 5) is 12.5. The van der Waals surface area contributed by atoms with Gasteiger partial charge in [-0.2, -0.15) is 0 Å². The molecule has 1 aromatic rings. The van der Waals surface area contributed by atoms with Gasteiger partial charge in [-0.3, -0.25) is 4.79 Å². The van der Waals surface area contributed by atoms with Crippen molar-refractivity contribution in [3.8, 4) is 5.75 Å². The zero-order valence-electron chi connectivity index (χ0n) is 11.6. The topological polar surface area (TPSA) is 26.3 Å². The Hall–Kier alpha value is -1.31. The van der Waals surface area contributed by atoms with E-state index in [4.69, 9.17) is 4.74 Å². The van der Waals surface area contributed by atoms with Crippen LogP contribution >= 0.6 is 0 Å². The summed E-state index contributed by atoms with van der Waals surface area (Å²) in [6, 6.07) is 7.71. The summed E-state index contributed by atoms with van der Waals surface area (Å²) >= 11 is 0. The number of ketones is 1. The molecule has 0 spiro atoms.